The van der Waals surface area contributed by atoms with Crippen molar-refractivity contribution in [1.29, 1.82) is 0 Å². The van der Waals surface area contributed by atoms with E-state index in [2.05, 4.69) is 24.9 Å². The number of nitrogens with two attached hydrogens (primary N) is 1. The summed E-state index contributed by atoms with van der Waals surface area (Å²) in [6.45, 7) is 4.52. The summed E-state index contributed by atoms with van der Waals surface area (Å²) in [6.07, 6.45) is 5.37. The fourth-order valence-corrected chi connectivity index (χ4v) is 6.24. The molecule has 7 heteroatoms. The van der Waals surface area contributed by atoms with E-state index in [1.54, 1.807) is 18.4 Å². The largest absolute Gasteiger partial charge is 0.494 e. The van der Waals surface area contributed by atoms with Crippen LogP contribution in [0.3, 0.4) is 0 Å². The number of aromatic amines is 1. The van der Waals surface area contributed by atoms with Crippen LogP contribution < -0.4 is 15.9 Å². The van der Waals surface area contributed by atoms with Crippen LogP contribution in [-0.4, -0.2) is 23.2 Å². The highest BCUT2D eigenvalue weighted by atomic mass is 32.1. The molecule has 2 aliphatic rings. The predicted molar refractivity (Wildman–Crippen MR) is 123 cm³/mol. The van der Waals surface area contributed by atoms with E-state index >= 15 is 0 Å². The first-order valence-electron chi connectivity index (χ1n) is 10.6. The number of methoxy groups -OCH3 is 1. The van der Waals surface area contributed by atoms with Crippen LogP contribution in [0.15, 0.2) is 23.1 Å². The van der Waals surface area contributed by atoms with Crippen LogP contribution in [0.25, 0.3) is 21.3 Å². The predicted octanol–water partition coefficient (Wildman–Crippen LogP) is 4.91. The average molecular weight is 439 g/mol. The lowest BCUT2D eigenvalue weighted by molar-refractivity contribution is 0.0695. The number of fused-ring (bicyclic) bond motifs is 2. The molecule has 4 N–H and O–H groups in total. The minimum absolute atomic E-state index is 0.0375. The van der Waals surface area contributed by atoms with E-state index in [1.165, 1.54) is 16.6 Å². The van der Waals surface area contributed by atoms with Gasteiger partial charge in [-0.25, -0.2) is 4.79 Å². The van der Waals surface area contributed by atoms with E-state index in [1.807, 2.05) is 6.07 Å². The molecule has 1 fully saturated rings. The van der Waals surface area contributed by atoms with E-state index in [0.717, 1.165) is 41.7 Å². The Morgan fingerprint density at radius 2 is 2.03 bits per heavy atom. The van der Waals surface area contributed by atoms with Gasteiger partial charge < -0.3 is 20.6 Å². The lowest BCUT2D eigenvalue weighted by Gasteiger charge is -2.32. The summed E-state index contributed by atoms with van der Waals surface area (Å²) in [5.41, 5.74) is 9.68. The Hall–Kier alpha value is -2.64. The third-order valence-electron chi connectivity index (χ3n) is 6.77. The van der Waals surface area contributed by atoms with Crippen LogP contribution in [0, 0.1) is 0 Å². The van der Waals surface area contributed by atoms with E-state index < -0.39 is 11.4 Å². The van der Waals surface area contributed by atoms with E-state index in [0.29, 0.717) is 22.6 Å². The number of aromatic carboxylic acids is 1. The number of pyridine rings is 1. The van der Waals surface area contributed by atoms with Gasteiger partial charge >= 0.3 is 5.97 Å². The quantitative estimate of drug-likeness (QED) is 0.537. The number of carboxylic acid groups (broad SMARTS) is 1. The highest BCUT2D eigenvalue weighted by molar-refractivity contribution is 7.15. The molecule has 1 saturated carbocycles. The number of aromatic nitrogens is 1. The molecule has 1 unspecified atom stereocenters. The molecule has 0 bridgehead atoms. The number of hydrogen-bond donors (Lipinski definition) is 3. The molecule has 0 radical (unpaired) electrons. The lowest BCUT2D eigenvalue weighted by Crippen LogP contribution is -2.27. The first kappa shape index (κ1) is 20.3. The second-order valence-electron chi connectivity index (χ2n) is 9.33. The smallest absolute Gasteiger partial charge is 0.341 e. The van der Waals surface area contributed by atoms with Gasteiger partial charge in [0.15, 0.2) is 5.75 Å². The Morgan fingerprint density at radius 3 is 2.65 bits per heavy atom. The van der Waals surface area contributed by atoms with Crippen molar-refractivity contribution in [2.24, 2.45) is 5.73 Å². The first-order chi connectivity index (χ1) is 14.7. The second kappa shape index (κ2) is 6.93. The molecule has 2 heterocycles. The topological polar surface area (TPSA) is 105 Å². The summed E-state index contributed by atoms with van der Waals surface area (Å²) in [4.78, 5) is 29.7. The molecule has 162 valence electrons. The van der Waals surface area contributed by atoms with Crippen LogP contribution in [-0.2, 0) is 5.41 Å². The van der Waals surface area contributed by atoms with Crippen molar-refractivity contribution in [3.05, 3.63) is 50.1 Å². The van der Waals surface area contributed by atoms with E-state index in [4.69, 9.17) is 10.5 Å². The molecule has 0 amide bonds. The molecule has 0 spiro atoms. The Morgan fingerprint density at radius 1 is 1.29 bits per heavy atom. The molecule has 3 aromatic rings. The highest BCUT2D eigenvalue weighted by Crippen LogP contribution is 2.53. The van der Waals surface area contributed by atoms with Gasteiger partial charge in [-0.1, -0.05) is 13.8 Å². The monoisotopic (exact) mass is 438 g/mol. The molecule has 0 saturated heterocycles. The fraction of sp³-hybridized carbons (Fsp3) is 0.417. The number of H-pyrrole nitrogens is 1. The van der Waals surface area contributed by atoms with Crippen molar-refractivity contribution >= 4 is 28.2 Å². The standard InChI is InChI=1S/C24H26N2O4S/c1-24(2)7-6-16(25)22-15(24)9-17(31-22)18-12(11-4-5-11)8-13-19(21(18)30-3)26-10-14(20(13)27)23(28)29/h8-11,16H,4-7,25H2,1-3H3,(H,26,27)(H,28,29). The zero-order chi connectivity index (χ0) is 22.1. The average Bonchev–Trinajstić information content (AvgIpc) is 3.47. The number of benzene rings is 1. The van der Waals surface area contributed by atoms with Gasteiger partial charge in [-0.05, 0) is 60.3 Å². The lowest BCUT2D eigenvalue weighted by atomic mass is 9.74. The second-order valence-corrected chi connectivity index (χ2v) is 10.4. The number of thiophene rings is 1. The summed E-state index contributed by atoms with van der Waals surface area (Å²) >= 11 is 1.72. The molecule has 5 rings (SSSR count). The molecule has 1 aromatic carbocycles. The fourth-order valence-electron chi connectivity index (χ4n) is 4.80. The van der Waals surface area contributed by atoms with Gasteiger partial charge in [-0.2, -0.15) is 0 Å². The Bertz CT molecular complexity index is 1280. The summed E-state index contributed by atoms with van der Waals surface area (Å²) in [5.74, 6) is -0.290. The van der Waals surface area contributed by atoms with Gasteiger partial charge in [0.1, 0.15) is 5.56 Å². The molecule has 0 aliphatic heterocycles. The molecule has 2 aliphatic carbocycles. The van der Waals surface area contributed by atoms with Crippen molar-refractivity contribution in [2.75, 3.05) is 7.11 Å². The van der Waals surface area contributed by atoms with Crippen molar-refractivity contribution in [3.63, 3.8) is 0 Å². The Balaban J connectivity index is 1.82. The summed E-state index contributed by atoms with van der Waals surface area (Å²) in [5, 5.41) is 9.74. The SMILES string of the molecule is COc1c(-c2cc3c(s2)C(N)CCC3(C)C)c(C2CC2)cc2c(=O)c(C(=O)O)c[nH]c12. The van der Waals surface area contributed by atoms with Gasteiger partial charge in [0.05, 0.1) is 18.0 Å². The first-order valence-corrected chi connectivity index (χ1v) is 11.4. The third kappa shape index (κ3) is 3.10. The van der Waals surface area contributed by atoms with Gasteiger partial charge in [-0.3, -0.25) is 4.79 Å². The van der Waals surface area contributed by atoms with Crippen LogP contribution in [0.4, 0.5) is 0 Å². The van der Waals surface area contributed by atoms with Gasteiger partial charge in [-0.15, -0.1) is 11.3 Å². The van der Waals surface area contributed by atoms with Gasteiger partial charge in [0.2, 0.25) is 5.43 Å². The molecular weight excluding hydrogens is 412 g/mol. The molecule has 31 heavy (non-hydrogen) atoms. The maximum absolute atomic E-state index is 12.9. The van der Waals surface area contributed by atoms with E-state index in [9.17, 15) is 14.7 Å². The van der Waals surface area contributed by atoms with Crippen LogP contribution in [0.2, 0.25) is 0 Å². The minimum atomic E-state index is -1.23. The summed E-state index contributed by atoms with van der Waals surface area (Å²) < 4.78 is 5.86. The summed E-state index contributed by atoms with van der Waals surface area (Å²) in [7, 11) is 1.60. The van der Waals surface area contributed by atoms with Crippen molar-refractivity contribution < 1.29 is 14.6 Å². The number of rotatable bonds is 4. The number of ether oxygens (including phenoxy) is 1. The van der Waals surface area contributed by atoms with E-state index in [-0.39, 0.29) is 17.0 Å². The number of carbonyl (C=O) groups is 1. The number of carboxylic acids is 1. The zero-order valence-electron chi connectivity index (χ0n) is 17.9. The molecule has 6 nitrogen and oxygen atoms in total. The Kier molecular flexibility index (Phi) is 4.53. The molecule has 1 atom stereocenters. The highest BCUT2D eigenvalue weighted by Gasteiger charge is 2.36. The van der Waals surface area contributed by atoms with Crippen LogP contribution in [0.5, 0.6) is 5.75 Å². The number of nitrogens with one attached hydrogen (secondary N) is 1. The third-order valence-corrected chi connectivity index (χ3v) is 8.05. The Labute approximate surface area is 184 Å². The van der Waals surface area contributed by atoms with Crippen molar-refractivity contribution in [1.82, 2.24) is 4.98 Å². The molecular formula is C24H26N2O4S. The van der Waals surface area contributed by atoms with Gasteiger partial charge in [0, 0.05) is 27.6 Å². The normalized spacial score (nSPS) is 19.9. The maximum atomic E-state index is 12.9. The zero-order valence-corrected chi connectivity index (χ0v) is 18.7. The van der Waals surface area contributed by atoms with Crippen LogP contribution >= 0.6 is 11.3 Å². The molecule has 2 aromatic heterocycles. The summed E-state index contributed by atoms with van der Waals surface area (Å²) in [6, 6.07) is 4.16. The minimum Gasteiger partial charge on any atom is -0.494 e. The van der Waals surface area contributed by atoms with Crippen LogP contribution in [0.1, 0.15) is 77.9 Å². The number of hydrogen-bond acceptors (Lipinski definition) is 5. The van der Waals surface area contributed by atoms with Crippen molar-refractivity contribution in [2.45, 2.75) is 56.9 Å². The van der Waals surface area contributed by atoms with Crippen molar-refractivity contribution in [3.8, 4) is 16.2 Å². The maximum Gasteiger partial charge on any atom is 0.341 e. The van der Waals surface area contributed by atoms with Gasteiger partial charge in [0.25, 0.3) is 0 Å².